The SMILES string of the molecule is CC.CC.CCC(C)C(C)N(C)C.CN1CCCC1. The van der Waals surface area contributed by atoms with Crippen molar-refractivity contribution >= 4 is 0 Å². The number of nitrogens with zero attached hydrogens (tertiary/aromatic N) is 2. The van der Waals surface area contributed by atoms with Gasteiger partial charge in [-0.15, -0.1) is 0 Å². The molecule has 0 aliphatic carbocycles. The van der Waals surface area contributed by atoms with Crippen molar-refractivity contribution < 1.29 is 0 Å². The molecule has 1 aliphatic heterocycles. The molecule has 1 heterocycles. The van der Waals surface area contributed by atoms with E-state index in [0.717, 1.165) is 12.0 Å². The van der Waals surface area contributed by atoms with E-state index in [0.29, 0.717) is 0 Å². The van der Waals surface area contributed by atoms with Crippen LogP contribution in [-0.4, -0.2) is 50.1 Å². The van der Waals surface area contributed by atoms with E-state index in [4.69, 9.17) is 0 Å². The van der Waals surface area contributed by atoms with Gasteiger partial charge < -0.3 is 9.80 Å². The van der Waals surface area contributed by atoms with Crippen LogP contribution in [0, 0.1) is 5.92 Å². The molecule has 1 fully saturated rings. The molecule has 19 heavy (non-hydrogen) atoms. The second-order valence-corrected chi connectivity index (χ2v) is 5.10. The van der Waals surface area contributed by atoms with Crippen LogP contribution in [0.5, 0.6) is 0 Å². The lowest BCUT2D eigenvalue weighted by Crippen LogP contribution is -2.30. The summed E-state index contributed by atoms with van der Waals surface area (Å²) in [4.78, 5) is 4.63. The molecule has 0 spiro atoms. The lowest BCUT2D eigenvalue weighted by Gasteiger charge is -2.25. The van der Waals surface area contributed by atoms with Gasteiger partial charge in [-0.2, -0.15) is 0 Å². The van der Waals surface area contributed by atoms with Crippen molar-refractivity contribution in [3.63, 3.8) is 0 Å². The fourth-order valence-corrected chi connectivity index (χ4v) is 1.73. The third-order valence-corrected chi connectivity index (χ3v) is 3.61. The lowest BCUT2D eigenvalue weighted by atomic mass is 10.0. The molecule has 2 unspecified atom stereocenters. The van der Waals surface area contributed by atoms with Crippen LogP contribution in [-0.2, 0) is 0 Å². The Labute approximate surface area is 124 Å². The summed E-state index contributed by atoms with van der Waals surface area (Å²) in [6.45, 7) is 17.4. The van der Waals surface area contributed by atoms with Crippen molar-refractivity contribution in [3.05, 3.63) is 0 Å². The minimum atomic E-state index is 0.718. The fraction of sp³-hybridized carbons (Fsp3) is 1.00. The molecular weight excluding hydrogens is 232 g/mol. The highest BCUT2D eigenvalue weighted by Gasteiger charge is 2.10. The smallest absolute Gasteiger partial charge is 0.00863 e. The minimum absolute atomic E-state index is 0.718. The molecule has 0 N–H and O–H groups in total. The molecule has 2 atom stereocenters. The molecule has 120 valence electrons. The van der Waals surface area contributed by atoms with Crippen LogP contribution in [0.4, 0.5) is 0 Å². The Bertz CT molecular complexity index is 140. The first kappa shape index (κ1) is 24.0. The monoisotopic (exact) mass is 274 g/mol. The normalized spacial score (nSPS) is 17.2. The molecule has 1 aliphatic rings. The summed E-state index contributed by atoms with van der Waals surface area (Å²) >= 11 is 0. The van der Waals surface area contributed by atoms with Crippen molar-refractivity contribution in [1.29, 1.82) is 0 Å². The molecule has 2 heteroatoms. The lowest BCUT2D eigenvalue weighted by molar-refractivity contribution is 0.235. The maximum Gasteiger partial charge on any atom is 0.00863 e. The molecule has 0 radical (unpaired) electrons. The molecule has 0 amide bonds. The topological polar surface area (TPSA) is 6.48 Å². The first-order valence-electron chi connectivity index (χ1n) is 8.34. The predicted octanol–water partition coefficient (Wildman–Crippen LogP) is 4.75. The number of hydrogen-bond donors (Lipinski definition) is 0. The molecule has 0 saturated carbocycles. The van der Waals surface area contributed by atoms with Gasteiger partial charge in [0.1, 0.15) is 0 Å². The zero-order valence-corrected chi connectivity index (χ0v) is 15.6. The van der Waals surface area contributed by atoms with Crippen LogP contribution in [0.3, 0.4) is 0 Å². The van der Waals surface area contributed by atoms with E-state index in [1.807, 2.05) is 27.7 Å². The Hall–Kier alpha value is -0.0800. The van der Waals surface area contributed by atoms with Crippen LogP contribution < -0.4 is 0 Å². The van der Waals surface area contributed by atoms with E-state index in [-0.39, 0.29) is 0 Å². The first-order chi connectivity index (χ1) is 8.99. The van der Waals surface area contributed by atoms with E-state index in [1.165, 1.54) is 32.4 Å². The molecule has 0 aromatic heterocycles. The second-order valence-electron chi connectivity index (χ2n) is 5.10. The highest BCUT2D eigenvalue weighted by atomic mass is 15.1. The average molecular weight is 275 g/mol. The Morgan fingerprint density at radius 3 is 1.42 bits per heavy atom. The molecular formula is C17H42N2. The van der Waals surface area contributed by atoms with Crippen molar-refractivity contribution in [2.75, 3.05) is 34.2 Å². The van der Waals surface area contributed by atoms with Crippen LogP contribution in [0.25, 0.3) is 0 Å². The standard InChI is InChI=1S/C8H19N.C5H11N.2C2H6/c1-6-7(2)8(3)9(4)5;1-6-4-2-3-5-6;2*1-2/h7-8H,6H2,1-5H3;2-5H2,1H3;2*1-2H3. The van der Waals surface area contributed by atoms with Gasteiger partial charge in [0, 0.05) is 6.04 Å². The van der Waals surface area contributed by atoms with Crippen molar-refractivity contribution in [2.45, 2.75) is 73.8 Å². The van der Waals surface area contributed by atoms with Gasteiger partial charge >= 0.3 is 0 Å². The molecule has 0 aromatic rings. The summed E-state index contributed by atoms with van der Waals surface area (Å²) in [5, 5.41) is 0. The summed E-state index contributed by atoms with van der Waals surface area (Å²) in [6.07, 6.45) is 4.10. The maximum absolute atomic E-state index is 2.36. The van der Waals surface area contributed by atoms with Crippen LogP contribution >= 0.6 is 0 Å². The van der Waals surface area contributed by atoms with E-state index in [1.54, 1.807) is 0 Å². The van der Waals surface area contributed by atoms with Gasteiger partial charge in [-0.3, -0.25) is 0 Å². The van der Waals surface area contributed by atoms with E-state index in [2.05, 4.69) is 51.7 Å². The van der Waals surface area contributed by atoms with Gasteiger partial charge in [0.05, 0.1) is 0 Å². The zero-order chi connectivity index (χ0) is 15.8. The molecule has 0 aromatic carbocycles. The zero-order valence-electron chi connectivity index (χ0n) is 15.6. The van der Waals surface area contributed by atoms with Crippen LogP contribution in [0.1, 0.15) is 67.7 Å². The van der Waals surface area contributed by atoms with E-state index < -0.39 is 0 Å². The largest absolute Gasteiger partial charge is 0.306 e. The van der Waals surface area contributed by atoms with Crippen molar-refractivity contribution in [3.8, 4) is 0 Å². The fourth-order valence-electron chi connectivity index (χ4n) is 1.73. The van der Waals surface area contributed by atoms with Gasteiger partial charge in [0.2, 0.25) is 0 Å². The van der Waals surface area contributed by atoms with Gasteiger partial charge in [0.25, 0.3) is 0 Å². The minimum Gasteiger partial charge on any atom is -0.306 e. The van der Waals surface area contributed by atoms with Crippen molar-refractivity contribution in [1.82, 2.24) is 9.80 Å². The molecule has 1 rings (SSSR count). The maximum atomic E-state index is 2.36. The summed E-state index contributed by atoms with van der Waals surface area (Å²) in [5.74, 6) is 0.819. The molecule has 0 bridgehead atoms. The summed E-state index contributed by atoms with van der Waals surface area (Å²) < 4.78 is 0. The van der Waals surface area contributed by atoms with Crippen LogP contribution in [0.15, 0.2) is 0 Å². The third kappa shape index (κ3) is 15.9. The number of hydrogen-bond acceptors (Lipinski definition) is 2. The number of rotatable bonds is 3. The summed E-state index contributed by atoms with van der Waals surface area (Å²) in [5.41, 5.74) is 0. The van der Waals surface area contributed by atoms with Gasteiger partial charge in [-0.1, -0.05) is 48.0 Å². The first-order valence-corrected chi connectivity index (χ1v) is 8.34. The van der Waals surface area contributed by atoms with Gasteiger partial charge in [-0.25, -0.2) is 0 Å². The number of likely N-dealkylation sites (tertiary alicyclic amines) is 1. The second kappa shape index (κ2) is 17.9. The van der Waals surface area contributed by atoms with E-state index >= 15 is 0 Å². The Morgan fingerprint density at radius 1 is 0.947 bits per heavy atom. The van der Waals surface area contributed by atoms with Crippen LogP contribution in [0.2, 0.25) is 0 Å². The summed E-state index contributed by atoms with van der Waals surface area (Å²) in [7, 11) is 6.45. The molecule has 2 nitrogen and oxygen atoms in total. The third-order valence-electron chi connectivity index (χ3n) is 3.61. The van der Waals surface area contributed by atoms with Crippen molar-refractivity contribution in [2.24, 2.45) is 5.92 Å². The Balaban J connectivity index is -0.000000221. The van der Waals surface area contributed by atoms with Gasteiger partial charge in [0.15, 0.2) is 0 Å². The Morgan fingerprint density at radius 2 is 1.32 bits per heavy atom. The van der Waals surface area contributed by atoms with Gasteiger partial charge in [-0.05, 0) is 59.9 Å². The van der Waals surface area contributed by atoms with E-state index in [9.17, 15) is 0 Å². The quantitative estimate of drug-likeness (QED) is 0.733. The highest BCUT2D eigenvalue weighted by Crippen LogP contribution is 2.10. The Kier molecular flexibility index (Phi) is 22.6. The predicted molar refractivity (Wildman–Crippen MR) is 92.0 cm³/mol. The molecule has 1 saturated heterocycles. The highest BCUT2D eigenvalue weighted by molar-refractivity contribution is 4.65. The summed E-state index contributed by atoms with van der Waals surface area (Å²) in [6, 6.07) is 0.718. The average Bonchev–Trinajstić information content (AvgIpc) is 2.93.